The molecule has 1 heterocycles. The maximum Gasteiger partial charge on any atom is 0.375 e. The fraction of sp³-hybridized carbons (Fsp3) is 0.208. The Balaban J connectivity index is 0.000000227. The van der Waals surface area contributed by atoms with Crippen molar-refractivity contribution in [1.29, 1.82) is 0 Å². The summed E-state index contributed by atoms with van der Waals surface area (Å²) in [6.07, 6.45) is -0.442. The van der Waals surface area contributed by atoms with E-state index in [1.165, 1.54) is 0 Å². The molecule has 0 spiro atoms. The molecule has 0 saturated carbocycles. The molecule has 8 heteroatoms. The quantitative estimate of drug-likeness (QED) is 0.248. The van der Waals surface area contributed by atoms with Crippen LogP contribution in [-0.4, -0.2) is 46.9 Å². The highest BCUT2D eigenvalue weighted by molar-refractivity contribution is 6.38. The number of carbonyl (C=O) groups is 4. The molecule has 1 N–H and O–H groups in total. The number of ketones is 2. The molecule has 0 saturated heterocycles. The Hall–Kier alpha value is -4.07. The third-order valence-electron chi connectivity index (χ3n) is 4.06. The zero-order chi connectivity index (χ0) is 23.3. The number of aromatic nitrogens is 2. The van der Waals surface area contributed by atoms with Gasteiger partial charge in [0.25, 0.3) is 0 Å². The summed E-state index contributed by atoms with van der Waals surface area (Å²) in [6, 6.07) is 19.7. The van der Waals surface area contributed by atoms with Crippen molar-refractivity contribution in [3.63, 3.8) is 0 Å². The van der Waals surface area contributed by atoms with Gasteiger partial charge < -0.3 is 9.47 Å². The second-order valence-corrected chi connectivity index (χ2v) is 6.36. The van der Waals surface area contributed by atoms with Crippen molar-refractivity contribution < 1.29 is 28.7 Å². The van der Waals surface area contributed by atoms with E-state index in [9.17, 15) is 19.2 Å². The summed E-state index contributed by atoms with van der Waals surface area (Å²) in [7, 11) is 0. The number of nitrogens with one attached hydrogen (secondary N) is 1. The van der Waals surface area contributed by atoms with Crippen LogP contribution in [0.5, 0.6) is 0 Å². The third-order valence-corrected chi connectivity index (χ3v) is 4.06. The van der Waals surface area contributed by atoms with E-state index in [0.29, 0.717) is 17.9 Å². The summed E-state index contributed by atoms with van der Waals surface area (Å²) in [4.78, 5) is 45.1. The lowest BCUT2D eigenvalue weighted by molar-refractivity contribution is -0.153. The molecular weight excluding hydrogens is 412 g/mol. The molecule has 3 aromatic rings. The fourth-order valence-electron chi connectivity index (χ4n) is 2.55. The van der Waals surface area contributed by atoms with Gasteiger partial charge in [-0.2, -0.15) is 5.10 Å². The van der Waals surface area contributed by atoms with Crippen LogP contribution in [0.1, 0.15) is 41.1 Å². The van der Waals surface area contributed by atoms with Gasteiger partial charge in [-0.05, 0) is 19.9 Å². The number of Topliss-reactive ketones (excluding diaryl/α,β-unsaturated/α-hetero) is 2. The van der Waals surface area contributed by atoms with Crippen LogP contribution in [-0.2, 0) is 19.1 Å². The van der Waals surface area contributed by atoms with Crippen LogP contribution < -0.4 is 0 Å². The Morgan fingerprint density at radius 3 is 2.03 bits per heavy atom. The second-order valence-electron chi connectivity index (χ2n) is 6.36. The topological polar surface area (TPSA) is 115 Å². The summed E-state index contributed by atoms with van der Waals surface area (Å²) in [6.45, 7) is 3.86. The van der Waals surface area contributed by atoms with E-state index in [-0.39, 0.29) is 18.4 Å². The normalized spacial score (nSPS) is 9.81. The van der Waals surface area contributed by atoms with Crippen molar-refractivity contribution in [1.82, 2.24) is 10.2 Å². The molecule has 166 valence electrons. The van der Waals surface area contributed by atoms with Crippen LogP contribution in [0.25, 0.3) is 11.3 Å². The zero-order valence-corrected chi connectivity index (χ0v) is 17.9. The minimum atomic E-state index is -0.952. The standard InChI is InChI=1S/C12H12N2O2.C12H12O4/c1-2-16-12(15)11-8-10(13-14-11)9-6-4-3-5-7-9;1-2-16-12(15)11(14)8-10(13)9-6-4-3-5-7-9/h3-8H,2H2,1H3,(H,13,14);3-7H,2,8H2,1H3. The Kier molecular flexibility index (Phi) is 9.52. The smallest absolute Gasteiger partial charge is 0.375 e. The van der Waals surface area contributed by atoms with Gasteiger partial charge >= 0.3 is 11.9 Å². The van der Waals surface area contributed by atoms with E-state index in [2.05, 4.69) is 14.9 Å². The van der Waals surface area contributed by atoms with Crippen LogP contribution in [0.4, 0.5) is 0 Å². The van der Waals surface area contributed by atoms with Crippen LogP contribution in [0.2, 0.25) is 0 Å². The molecule has 1 aromatic heterocycles. The van der Waals surface area contributed by atoms with E-state index in [1.54, 1.807) is 50.2 Å². The Morgan fingerprint density at radius 2 is 1.44 bits per heavy atom. The highest BCUT2D eigenvalue weighted by Crippen LogP contribution is 2.17. The van der Waals surface area contributed by atoms with E-state index in [1.807, 2.05) is 30.3 Å². The summed E-state index contributed by atoms with van der Waals surface area (Å²) in [5.74, 6) is -2.52. The average Bonchev–Trinajstić information content (AvgIpc) is 3.31. The van der Waals surface area contributed by atoms with Crippen molar-refractivity contribution >= 4 is 23.5 Å². The first-order valence-electron chi connectivity index (χ1n) is 10.0. The summed E-state index contributed by atoms with van der Waals surface area (Å²) in [5, 5.41) is 6.73. The number of H-pyrrole nitrogens is 1. The minimum absolute atomic E-state index is 0.129. The van der Waals surface area contributed by atoms with Gasteiger partial charge in [0.15, 0.2) is 5.78 Å². The van der Waals surface area contributed by atoms with Crippen molar-refractivity contribution in [3.05, 3.63) is 78.0 Å². The van der Waals surface area contributed by atoms with E-state index >= 15 is 0 Å². The van der Waals surface area contributed by atoms with E-state index < -0.39 is 18.2 Å². The minimum Gasteiger partial charge on any atom is -0.461 e. The first kappa shape index (κ1) is 24.2. The van der Waals surface area contributed by atoms with Crippen molar-refractivity contribution in [2.75, 3.05) is 13.2 Å². The number of nitrogens with zero attached hydrogens (tertiary/aromatic N) is 1. The predicted molar refractivity (Wildman–Crippen MR) is 117 cm³/mol. The first-order valence-corrected chi connectivity index (χ1v) is 10.0. The molecule has 0 atom stereocenters. The first-order chi connectivity index (χ1) is 15.5. The number of hydrogen-bond acceptors (Lipinski definition) is 7. The van der Waals surface area contributed by atoms with Crippen LogP contribution in [0.3, 0.4) is 0 Å². The Labute approximate surface area is 185 Å². The summed E-state index contributed by atoms with van der Waals surface area (Å²) < 4.78 is 9.37. The molecule has 32 heavy (non-hydrogen) atoms. The molecule has 0 radical (unpaired) electrons. The number of benzene rings is 2. The van der Waals surface area contributed by atoms with Gasteiger partial charge in [-0.3, -0.25) is 14.7 Å². The highest BCUT2D eigenvalue weighted by Gasteiger charge is 2.19. The average molecular weight is 436 g/mol. The SMILES string of the molecule is CCOC(=O)C(=O)CC(=O)c1ccccc1.CCOC(=O)c1cc(-c2ccccc2)n[nH]1. The number of hydrogen-bond donors (Lipinski definition) is 1. The zero-order valence-electron chi connectivity index (χ0n) is 17.9. The molecular formula is C24H24N2O6. The molecule has 0 aliphatic rings. The van der Waals surface area contributed by atoms with Gasteiger partial charge in [0, 0.05) is 11.1 Å². The van der Waals surface area contributed by atoms with Gasteiger partial charge in [-0.15, -0.1) is 0 Å². The Bertz CT molecular complexity index is 1040. The third kappa shape index (κ3) is 7.32. The van der Waals surface area contributed by atoms with Gasteiger partial charge in [-0.1, -0.05) is 60.7 Å². The lowest BCUT2D eigenvalue weighted by atomic mass is 10.1. The monoisotopic (exact) mass is 436 g/mol. The molecule has 0 unspecified atom stereocenters. The lowest BCUT2D eigenvalue weighted by Crippen LogP contribution is -2.20. The number of esters is 2. The largest absolute Gasteiger partial charge is 0.461 e. The summed E-state index contributed by atoms with van der Waals surface area (Å²) >= 11 is 0. The molecule has 8 nitrogen and oxygen atoms in total. The van der Waals surface area contributed by atoms with E-state index in [4.69, 9.17) is 4.74 Å². The molecule has 0 aliphatic carbocycles. The van der Waals surface area contributed by atoms with Crippen LogP contribution in [0.15, 0.2) is 66.7 Å². The number of rotatable bonds is 8. The second kappa shape index (κ2) is 12.6. The summed E-state index contributed by atoms with van der Waals surface area (Å²) in [5.41, 5.74) is 2.50. The molecule has 3 rings (SSSR count). The lowest BCUT2D eigenvalue weighted by Gasteiger charge is -2.00. The van der Waals surface area contributed by atoms with Gasteiger partial charge in [0.05, 0.1) is 25.3 Å². The molecule has 0 aliphatic heterocycles. The Morgan fingerprint density at radius 1 is 0.844 bits per heavy atom. The molecule has 0 amide bonds. The maximum atomic E-state index is 11.5. The van der Waals surface area contributed by atoms with E-state index in [0.717, 1.165) is 11.3 Å². The predicted octanol–water partition coefficient (Wildman–Crippen LogP) is 3.65. The van der Waals surface area contributed by atoms with Crippen LogP contribution in [0, 0.1) is 0 Å². The molecule has 0 fully saturated rings. The number of aromatic amines is 1. The van der Waals surface area contributed by atoms with Crippen molar-refractivity contribution in [2.24, 2.45) is 0 Å². The molecule has 0 bridgehead atoms. The van der Waals surface area contributed by atoms with Crippen molar-refractivity contribution in [2.45, 2.75) is 20.3 Å². The van der Waals surface area contributed by atoms with Crippen LogP contribution >= 0.6 is 0 Å². The van der Waals surface area contributed by atoms with Gasteiger partial charge in [-0.25, -0.2) is 9.59 Å². The van der Waals surface area contributed by atoms with Gasteiger partial charge in [0.1, 0.15) is 5.69 Å². The van der Waals surface area contributed by atoms with Crippen molar-refractivity contribution in [3.8, 4) is 11.3 Å². The van der Waals surface area contributed by atoms with Gasteiger partial charge in [0.2, 0.25) is 5.78 Å². The number of ether oxygens (including phenoxy) is 2. The maximum absolute atomic E-state index is 11.5. The highest BCUT2D eigenvalue weighted by atomic mass is 16.5. The molecule has 2 aromatic carbocycles. The number of carbonyl (C=O) groups excluding carboxylic acids is 4. The fourth-order valence-corrected chi connectivity index (χ4v) is 2.55.